The van der Waals surface area contributed by atoms with Crippen LogP contribution in [-0.2, 0) is 0 Å². The lowest BCUT2D eigenvalue weighted by Gasteiger charge is -2.46. The van der Waals surface area contributed by atoms with E-state index < -0.39 is 36.8 Å². The zero-order chi connectivity index (χ0) is 12.7. The van der Waals surface area contributed by atoms with Gasteiger partial charge in [-0.3, -0.25) is 4.90 Å². The smallest absolute Gasteiger partial charge is 0.188 e. The zero-order valence-electron chi connectivity index (χ0n) is 10.1. The number of nitrogens with zero attached hydrogens (tertiary/aromatic N) is 1. The molecule has 16 heavy (non-hydrogen) atoms. The predicted octanol–water partition coefficient (Wildman–Crippen LogP) is 3.05. The second-order valence-electron chi connectivity index (χ2n) is 5.01. The number of halogens is 4. The molecule has 4 unspecified atom stereocenters. The summed E-state index contributed by atoms with van der Waals surface area (Å²) in [5.41, 5.74) is -2.72. The second-order valence-corrected chi connectivity index (χ2v) is 5.01. The molecule has 1 aliphatic rings. The zero-order valence-corrected chi connectivity index (χ0v) is 10.1. The summed E-state index contributed by atoms with van der Waals surface area (Å²) in [5.74, 6) is -0.884. The Morgan fingerprint density at radius 3 is 2.00 bits per heavy atom. The Morgan fingerprint density at radius 2 is 1.62 bits per heavy atom. The van der Waals surface area contributed by atoms with Crippen LogP contribution in [0.1, 0.15) is 27.7 Å². The summed E-state index contributed by atoms with van der Waals surface area (Å²) in [5, 5.41) is 0. The highest BCUT2D eigenvalue weighted by Crippen LogP contribution is 2.41. The van der Waals surface area contributed by atoms with E-state index >= 15 is 0 Å². The van der Waals surface area contributed by atoms with Crippen molar-refractivity contribution in [1.82, 2.24) is 4.90 Å². The molecule has 1 rings (SSSR count). The molecule has 0 amide bonds. The summed E-state index contributed by atoms with van der Waals surface area (Å²) in [6.45, 7) is 5.61. The fourth-order valence-corrected chi connectivity index (χ4v) is 2.15. The van der Waals surface area contributed by atoms with Crippen LogP contribution in [0.5, 0.6) is 0 Å². The summed E-state index contributed by atoms with van der Waals surface area (Å²) in [4.78, 5) is 1.02. The van der Waals surface area contributed by atoms with Gasteiger partial charge in [-0.15, -0.1) is 0 Å². The highest BCUT2D eigenvalue weighted by molar-refractivity contribution is 5.05. The van der Waals surface area contributed by atoms with Gasteiger partial charge in [-0.2, -0.15) is 0 Å². The highest BCUT2D eigenvalue weighted by Gasteiger charge is 2.59. The minimum absolute atomic E-state index is 0.344. The molecule has 96 valence electrons. The van der Waals surface area contributed by atoms with Crippen LogP contribution in [0.15, 0.2) is 0 Å². The lowest BCUT2D eigenvalue weighted by atomic mass is 9.79. The predicted molar refractivity (Wildman–Crippen MR) is 55.2 cm³/mol. The fourth-order valence-electron chi connectivity index (χ4n) is 2.15. The third-order valence-electron chi connectivity index (χ3n) is 3.38. The number of hydrogen-bond acceptors (Lipinski definition) is 1. The van der Waals surface area contributed by atoms with Gasteiger partial charge in [-0.05, 0) is 19.8 Å². The van der Waals surface area contributed by atoms with E-state index in [1.807, 2.05) is 0 Å². The largest absolute Gasteiger partial charge is 0.266 e. The quantitative estimate of drug-likeness (QED) is 0.530. The van der Waals surface area contributed by atoms with Crippen LogP contribution in [0.25, 0.3) is 0 Å². The molecule has 1 fully saturated rings. The Balaban J connectivity index is 2.97. The van der Waals surface area contributed by atoms with Gasteiger partial charge in [0.1, 0.15) is 6.17 Å². The fraction of sp³-hybridized carbons (Fsp3) is 1.00. The summed E-state index contributed by atoms with van der Waals surface area (Å²) in [6.07, 6.45) is -6.49. The molecule has 1 aliphatic heterocycles. The van der Waals surface area contributed by atoms with Crippen molar-refractivity contribution < 1.29 is 17.6 Å². The molecular formula is C11H19F4N. The van der Waals surface area contributed by atoms with Crippen molar-refractivity contribution in [1.29, 1.82) is 0 Å². The number of piperidine rings is 1. The van der Waals surface area contributed by atoms with Crippen molar-refractivity contribution in [3.63, 3.8) is 0 Å². The maximum Gasteiger partial charge on any atom is 0.188 e. The second kappa shape index (κ2) is 4.51. The van der Waals surface area contributed by atoms with E-state index in [4.69, 9.17) is 0 Å². The van der Waals surface area contributed by atoms with Crippen LogP contribution in [0.4, 0.5) is 17.6 Å². The molecule has 0 bridgehead atoms. The van der Waals surface area contributed by atoms with Gasteiger partial charge < -0.3 is 0 Å². The van der Waals surface area contributed by atoms with E-state index in [1.54, 1.807) is 13.8 Å². The first-order chi connectivity index (χ1) is 7.22. The van der Waals surface area contributed by atoms with Crippen molar-refractivity contribution in [3.8, 4) is 0 Å². The SMILES string of the molecule is CC(C)N1CC(F)C(F)(C(C)C)C(F)C1F. The third kappa shape index (κ3) is 1.94. The van der Waals surface area contributed by atoms with Gasteiger partial charge in [0.15, 0.2) is 18.1 Å². The Kier molecular flexibility index (Phi) is 3.87. The first-order valence-electron chi connectivity index (χ1n) is 5.59. The van der Waals surface area contributed by atoms with Gasteiger partial charge in [0.25, 0.3) is 0 Å². The van der Waals surface area contributed by atoms with Crippen molar-refractivity contribution in [2.24, 2.45) is 5.92 Å². The van der Waals surface area contributed by atoms with Gasteiger partial charge in [0.05, 0.1) is 0 Å². The average Bonchev–Trinajstić information content (AvgIpc) is 2.19. The minimum atomic E-state index is -2.72. The number of hydrogen-bond donors (Lipinski definition) is 0. The molecule has 1 heterocycles. The molecule has 5 heteroatoms. The molecule has 0 spiro atoms. The number of alkyl halides is 4. The Hall–Kier alpha value is -0.320. The molecule has 0 aromatic heterocycles. The third-order valence-corrected chi connectivity index (χ3v) is 3.38. The minimum Gasteiger partial charge on any atom is -0.266 e. The monoisotopic (exact) mass is 241 g/mol. The first-order valence-corrected chi connectivity index (χ1v) is 5.59. The van der Waals surface area contributed by atoms with Crippen LogP contribution >= 0.6 is 0 Å². The molecule has 0 aliphatic carbocycles. The molecule has 0 N–H and O–H groups in total. The van der Waals surface area contributed by atoms with Crippen LogP contribution in [0, 0.1) is 5.92 Å². The van der Waals surface area contributed by atoms with Gasteiger partial charge in [-0.25, -0.2) is 17.6 Å². The van der Waals surface area contributed by atoms with Crippen LogP contribution in [0.3, 0.4) is 0 Å². The van der Waals surface area contributed by atoms with Gasteiger partial charge >= 0.3 is 0 Å². The first kappa shape index (κ1) is 13.7. The highest BCUT2D eigenvalue weighted by atomic mass is 19.2. The lowest BCUT2D eigenvalue weighted by Crippen LogP contribution is -2.65. The summed E-state index contributed by atoms with van der Waals surface area (Å²) in [7, 11) is 0. The van der Waals surface area contributed by atoms with E-state index in [0.29, 0.717) is 0 Å². The molecule has 0 aromatic rings. The van der Waals surface area contributed by atoms with E-state index in [-0.39, 0.29) is 6.04 Å². The van der Waals surface area contributed by atoms with E-state index in [0.717, 1.165) is 4.90 Å². The van der Waals surface area contributed by atoms with Crippen molar-refractivity contribution >= 4 is 0 Å². The molecule has 1 saturated heterocycles. The van der Waals surface area contributed by atoms with E-state index in [2.05, 4.69) is 0 Å². The van der Waals surface area contributed by atoms with Gasteiger partial charge in [0.2, 0.25) is 0 Å². The van der Waals surface area contributed by atoms with Crippen molar-refractivity contribution in [2.45, 2.75) is 58.0 Å². The lowest BCUT2D eigenvalue weighted by molar-refractivity contribution is -0.173. The standard InChI is InChI=1S/C11H19F4N/c1-6(2)11(15)8(12)5-16(7(3)4)10(14)9(11)13/h6-10H,5H2,1-4H3. The normalized spacial score (nSPS) is 42.0. The average molecular weight is 241 g/mol. The number of likely N-dealkylation sites (tertiary alicyclic amines) is 1. The molecule has 0 radical (unpaired) electrons. The van der Waals surface area contributed by atoms with E-state index in [1.165, 1.54) is 13.8 Å². The van der Waals surface area contributed by atoms with Gasteiger partial charge in [-0.1, -0.05) is 13.8 Å². The van der Waals surface area contributed by atoms with Crippen molar-refractivity contribution in [2.75, 3.05) is 6.54 Å². The Bertz CT molecular complexity index is 246. The molecule has 4 atom stereocenters. The van der Waals surface area contributed by atoms with Gasteiger partial charge in [0, 0.05) is 12.6 Å². The molecule has 0 aromatic carbocycles. The summed E-state index contributed by atoms with van der Waals surface area (Å²) >= 11 is 0. The topological polar surface area (TPSA) is 3.24 Å². The summed E-state index contributed by atoms with van der Waals surface area (Å²) < 4.78 is 55.2. The van der Waals surface area contributed by atoms with Crippen LogP contribution in [0.2, 0.25) is 0 Å². The maximum atomic E-state index is 14.2. The summed E-state index contributed by atoms with van der Waals surface area (Å²) in [6, 6.07) is -0.344. The maximum absolute atomic E-state index is 14.2. The molecule has 0 saturated carbocycles. The Morgan fingerprint density at radius 1 is 1.12 bits per heavy atom. The molecule has 1 nitrogen and oxygen atoms in total. The van der Waals surface area contributed by atoms with Crippen molar-refractivity contribution in [3.05, 3.63) is 0 Å². The van der Waals surface area contributed by atoms with E-state index in [9.17, 15) is 17.6 Å². The number of rotatable bonds is 2. The molecular weight excluding hydrogens is 222 g/mol. The van der Waals surface area contributed by atoms with Crippen LogP contribution in [-0.4, -0.2) is 41.8 Å². The van der Waals surface area contributed by atoms with Crippen LogP contribution < -0.4 is 0 Å². The Labute approximate surface area is 93.8 Å².